The molecule has 0 radical (unpaired) electrons. The summed E-state index contributed by atoms with van der Waals surface area (Å²) in [6.07, 6.45) is 2.18. The molecule has 2 aromatic heterocycles. The van der Waals surface area contributed by atoms with E-state index in [1.165, 1.54) is 6.20 Å². The highest BCUT2D eigenvalue weighted by Crippen LogP contribution is 2.19. The summed E-state index contributed by atoms with van der Waals surface area (Å²) in [5, 5.41) is -0.104. The van der Waals surface area contributed by atoms with Crippen LogP contribution in [-0.2, 0) is 16.4 Å². The number of halogens is 1. The van der Waals surface area contributed by atoms with Gasteiger partial charge in [-0.3, -0.25) is 9.36 Å². The molecule has 0 saturated heterocycles. The lowest BCUT2D eigenvalue weighted by Gasteiger charge is -2.20. The predicted octanol–water partition coefficient (Wildman–Crippen LogP) is 1.38. The van der Waals surface area contributed by atoms with E-state index < -0.39 is 21.2 Å². The van der Waals surface area contributed by atoms with E-state index in [0.29, 0.717) is 0 Å². The number of sulfone groups is 1. The number of rotatable bonds is 2. The van der Waals surface area contributed by atoms with Crippen LogP contribution in [0.1, 0.15) is 20.8 Å². The Bertz CT molecular complexity index is 867. The molecule has 2 aromatic rings. The van der Waals surface area contributed by atoms with E-state index >= 15 is 0 Å². The van der Waals surface area contributed by atoms with Crippen molar-refractivity contribution >= 4 is 20.9 Å². The van der Waals surface area contributed by atoms with Gasteiger partial charge >= 0.3 is 0 Å². The molecule has 0 atom stereocenters. The van der Waals surface area contributed by atoms with E-state index in [-0.39, 0.29) is 28.1 Å². The van der Waals surface area contributed by atoms with Crippen LogP contribution in [0.25, 0.3) is 11.0 Å². The largest absolute Gasteiger partial charge is 0.290 e. The van der Waals surface area contributed by atoms with Crippen LogP contribution >= 0.6 is 0 Å². The van der Waals surface area contributed by atoms with Gasteiger partial charge in [0.2, 0.25) is 15.0 Å². The molecule has 2 rings (SSSR count). The number of hydrogen-bond donors (Lipinski definition) is 0. The number of hydrogen-bond acceptors (Lipinski definition) is 5. The lowest BCUT2D eigenvalue weighted by atomic mass is 9.97. The highest BCUT2D eigenvalue weighted by molar-refractivity contribution is 7.90. The summed E-state index contributed by atoms with van der Waals surface area (Å²) in [5.74, 6) is -0.914. The normalized spacial score (nSPS) is 12.8. The highest BCUT2D eigenvalue weighted by atomic mass is 32.2. The summed E-state index contributed by atoms with van der Waals surface area (Å²) in [6.45, 7) is 5.86. The van der Waals surface area contributed by atoms with Gasteiger partial charge in [0, 0.05) is 24.4 Å². The first-order valence-electron chi connectivity index (χ1n) is 6.25. The van der Waals surface area contributed by atoms with Gasteiger partial charge in [0.15, 0.2) is 5.82 Å². The topological polar surface area (TPSA) is 81.9 Å². The minimum Gasteiger partial charge on any atom is -0.290 e. The number of pyridine rings is 1. The Labute approximate surface area is 121 Å². The third kappa shape index (κ3) is 3.26. The number of aromatic nitrogens is 3. The molecule has 0 aliphatic rings. The zero-order valence-corrected chi connectivity index (χ0v) is 13.0. The predicted molar refractivity (Wildman–Crippen MR) is 76.3 cm³/mol. The van der Waals surface area contributed by atoms with E-state index in [2.05, 4.69) is 9.97 Å². The lowest BCUT2D eigenvalue weighted by molar-refractivity contribution is 0.339. The van der Waals surface area contributed by atoms with Crippen LogP contribution in [0.5, 0.6) is 0 Å². The zero-order valence-electron chi connectivity index (χ0n) is 12.2. The summed E-state index contributed by atoms with van der Waals surface area (Å²) in [6, 6.07) is 1.02. The monoisotopic (exact) mass is 313 g/mol. The Morgan fingerprint density at radius 2 is 1.95 bits per heavy atom. The fraction of sp³-hybridized carbons (Fsp3) is 0.462. The Balaban J connectivity index is 2.85. The van der Waals surface area contributed by atoms with Crippen LogP contribution in [0, 0.1) is 11.2 Å². The van der Waals surface area contributed by atoms with Gasteiger partial charge < -0.3 is 0 Å². The Kier molecular flexibility index (Phi) is 3.61. The second-order valence-corrected chi connectivity index (χ2v) is 8.06. The fourth-order valence-corrected chi connectivity index (χ4v) is 2.40. The van der Waals surface area contributed by atoms with E-state index in [1.807, 2.05) is 20.8 Å². The van der Waals surface area contributed by atoms with Crippen LogP contribution in [0.4, 0.5) is 4.39 Å². The average Bonchev–Trinajstić information content (AvgIpc) is 2.32. The van der Waals surface area contributed by atoms with Gasteiger partial charge in [-0.05, 0) is 11.5 Å². The molecule has 8 heteroatoms. The first-order chi connectivity index (χ1) is 9.49. The molecular weight excluding hydrogens is 297 g/mol. The molecule has 0 aliphatic carbocycles. The smallest absolute Gasteiger partial charge is 0.288 e. The van der Waals surface area contributed by atoms with E-state index in [0.717, 1.165) is 16.9 Å². The molecule has 0 amide bonds. The summed E-state index contributed by atoms with van der Waals surface area (Å²) >= 11 is 0. The third-order valence-corrected chi connectivity index (χ3v) is 3.59. The van der Waals surface area contributed by atoms with Crippen molar-refractivity contribution in [3.05, 3.63) is 28.4 Å². The van der Waals surface area contributed by atoms with Crippen LogP contribution in [0.15, 0.2) is 22.2 Å². The van der Waals surface area contributed by atoms with Crippen molar-refractivity contribution in [2.45, 2.75) is 32.5 Å². The molecule has 0 aromatic carbocycles. The molecule has 0 N–H and O–H groups in total. The summed E-state index contributed by atoms with van der Waals surface area (Å²) in [7, 11) is -3.61. The fourth-order valence-electron chi connectivity index (χ4n) is 1.91. The van der Waals surface area contributed by atoms with Gasteiger partial charge in [-0.25, -0.2) is 17.8 Å². The Morgan fingerprint density at radius 3 is 2.48 bits per heavy atom. The van der Waals surface area contributed by atoms with Crippen molar-refractivity contribution in [2.75, 3.05) is 6.26 Å². The highest BCUT2D eigenvalue weighted by Gasteiger charge is 2.19. The van der Waals surface area contributed by atoms with Gasteiger partial charge in [0.1, 0.15) is 5.65 Å². The molecule has 2 heterocycles. The molecule has 0 spiro atoms. The van der Waals surface area contributed by atoms with Gasteiger partial charge in [0.25, 0.3) is 5.56 Å². The van der Waals surface area contributed by atoms with Gasteiger partial charge in [-0.2, -0.15) is 4.98 Å². The lowest BCUT2D eigenvalue weighted by Crippen LogP contribution is -2.29. The van der Waals surface area contributed by atoms with Crippen LogP contribution in [-0.4, -0.2) is 29.2 Å². The maximum absolute atomic E-state index is 13.7. The van der Waals surface area contributed by atoms with E-state index in [1.54, 1.807) is 0 Å². The molecule has 21 heavy (non-hydrogen) atoms. The Hall–Kier alpha value is -1.83. The Morgan fingerprint density at radius 1 is 1.33 bits per heavy atom. The van der Waals surface area contributed by atoms with E-state index in [9.17, 15) is 17.6 Å². The molecule has 0 bridgehead atoms. The minimum atomic E-state index is -3.61. The first kappa shape index (κ1) is 15.6. The van der Waals surface area contributed by atoms with Gasteiger partial charge in [-0.15, -0.1) is 0 Å². The maximum Gasteiger partial charge on any atom is 0.288 e. The van der Waals surface area contributed by atoms with Crippen LogP contribution in [0.2, 0.25) is 0 Å². The first-order valence-corrected chi connectivity index (χ1v) is 8.14. The second kappa shape index (κ2) is 4.87. The molecule has 0 fully saturated rings. The summed E-state index contributed by atoms with van der Waals surface area (Å²) < 4.78 is 37.9. The van der Waals surface area contributed by atoms with Gasteiger partial charge in [-0.1, -0.05) is 20.8 Å². The third-order valence-electron chi connectivity index (χ3n) is 2.73. The van der Waals surface area contributed by atoms with Gasteiger partial charge in [0.05, 0.1) is 0 Å². The molecule has 0 unspecified atom stereocenters. The molecule has 0 aliphatic heterocycles. The standard InChI is InChI=1S/C13H16FN3O3S/c1-13(2,3)7-17-10-8(5-9(14)11(17)18)6-15-12(16-10)21(4,19)20/h5-6H,7H2,1-4H3. The van der Waals surface area contributed by atoms with Crippen molar-refractivity contribution in [1.29, 1.82) is 0 Å². The number of nitrogens with zero attached hydrogens (tertiary/aromatic N) is 3. The van der Waals surface area contributed by atoms with Crippen molar-refractivity contribution < 1.29 is 12.8 Å². The minimum absolute atomic E-state index is 0.117. The van der Waals surface area contributed by atoms with Crippen molar-refractivity contribution in [1.82, 2.24) is 14.5 Å². The zero-order chi connectivity index (χ0) is 16.0. The quantitative estimate of drug-likeness (QED) is 0.782. The van der Waals surface area contributed by atoms with Crippen molar-refractivity contribution in [3.63, 3.8) is 0 Å². The summed E-state index contributed by atoms with van der Waals surface area (Å²) in [4.78, 5) is 19.6. The van der Waals surface area contributed by atoms with Crippen molar-refractivity contribution in [2.24, 2.45) is 5.41 Å². The number of fused-ring (bicyclic) bond motifs is 1. The van der Waals surface area contributed by atoms with Crippen LogP contribution < -0.4 is 5.56 Å². The molecular formula is C13H16FN3O3S. The maximum atomic E-state index is 13.7. The molecule has 0 saturated carbocycles. The van der Waals surface area contributed by atoms with E-state index in [4.69, 9.17) is 0 Å². The summed E-state index contributed by atoms with van der Waals surface area (Å²) in [5.41, 5.74) is -1.01. The molecule has 6 nitrogen and oxygen atoms in total. The second-order valence-electron chi connectivity index (χ2n) is 6.15. The van der Waals surface area contributed by atoms with Crippen molar-refractivity contribution in [3.8, 4) is 0 Å². The molecule has 114 valence electrons. The van der Waals surface area contributed by atoms with Crippen LogP contribution in [0.3, 0.4) is 0 Å². The SMILES string of the molecule is CC(C)(C)Cn1c(=O)c(F)cc2cnc(S(C)(=O)=O)nc21. The average molecular weight is 313 g/mol.